The van der Waals surface area contributed by atoms with E-state index in [1.54, 1.807) is 6.92 Å². The predicted molar refractivity (Wildman–Crippen MR) is 91.5 cm³/mol. The Bertz CT molecular complexity index is 701. The van der Waals surface area contributed by atoms with Gasteiger partial charge in [-0.1, -0.05) is 23.4 Å². The average molecular weight is 331 g/mol. The number of thioether (sulfide) groups is 1. The number of anilines is 1. The van der Waals surface area contributed by atoms with E-state index in [-0.39, 0.29) is 17.2 Å². The first-order valence-electron chi connectivity index (χ1n) is 7.88. The van der Waals surface area contributed by atoms with E-state index in [4.69, 9.17) is 4.52 Å². The second-order valence-corrected chi connectivity index (χ2v) is 7.24. The maximum atomic E-state index is 12.9. The zero-order chi connectivity index (χ0) is 16.4. The lowest BCUT2D eigenvalue weighted by Crippen LogP contribution is -2.45. The van der Waals surface area contributed by atoms with Gasteiger partial charge >= 0.3 is 0 Å². The number of aromatic nitrogens is 2. The molecule has 0 fully saturated rings. The molecule has 6 heteroatoms. The van der Waals surface area contributed by atoms with Gasteiger partial charge in [0.1, 0.15) is 0 Å². The van der Waals surface area contributed by atoms with Crippen LogP contribution in [0.1, 0.15) is 37.5 Å². The molecule has 0 saturated carbocycles. The minimum atomic E-state index is -0.157. The Morgan fingerprint density at radius 1 is 1.48 bits per heavy atom. The molecule has 122 valence electrons. The van der Waals surface area contributed by atoms with Gasteiger partial charge in [0, 0.05) is 11.7 Å². The molecule has 23 heavy (non-hydrogen) atoms. The Morgan fingerprint density at radius 3 is 3.00 bits per heavy atom. The molecule has 1 aromatic carbocycles. The maximum Gasteiger partial charge on any atom is 0.240 e. The fraction of sp³-hybridized carbons (Fsp3) is 0.471. The number of hydrogen-bond donors (Lipinski definition) is 0. The molecule has 3 rings (SSSR count). The zero-order valence-corrected chi connectivity index (χ0v) is 14.5. The molecule has 0 unspecified atom stereocenters. The van der Waals surface area contributed by atoms with Crippen molar-refractivity contribution in [1.29, 1.82) is 0 Å². The molecule has 2 aromatic rings. The molecule has 1 amide bonds. The van der Waals surface area contributed by atoms with Gasteiger partial charge in [-0.2, -0.15) is 4.98 Å². The van der Waals surface area contributed by atoms with Crippen LogP contribution in [0.5, 0.6) is 0 Å². The van der Waals surface area contributed by atoms with E-state index in [1.807, 2.05) is 30.0 Å². The van der Waals surface area contributed by atoms with Crippen LogP contribution < -0.4 is 4.90 Å². The van der Waals surface area contributed by atoms with Crippen molar-refractivity contribution in [3.05, 3.63) is 41.5 Å². The third-order valence-corrected chi connectivity index (χ3v) is 5.25. The highest BCUT2D eigenvalue weighted by Gasteiger charge is 2.31. The van der Waals surface area contributed by atoms with E-state index in [0.717, 1.165) is 18.5 Å². The number of fused-ring (bicyclic) bond motifs is 1. The molecule has 2 heterocycles. The van der Waals surface area contributed by atoms with Gasteiger partial charge in [0.2, 0.25) is 11.8 Å². The van der Waals surface area contributed by atoms with Crippen molar-refractivity contribution < 1.29 is 9.32 Å². The number of aryl methyl sites for hydroxylation is 2. The molecule has 5 nitrogen and oxygen atoms in total. The molecule has 0 bridgehead atoms. The lowest BCUT2D eigenvalue weighted by molar-refractivity contribution is -0.118. The number of carbonyl (C=O) groups is 1. The van der Waals surface area contributed by atoms with Gasteiger partial charge in [-0.05, 0) is 45.2 Å². The van der Waals surface area contributed by atoms with Gasteiger partial charge in [0.05, 0.1) is 11.0 Å². The summed E-state index contributed by atoms with van der Waals surface area (Å²) in [5.41, 5.74) is 2.31. The van der Waals surface area contributed by atoms with Gasteiger partial charge in [-0.25, -0.2) is 0 Å². The van der Waals surface area contributed by atoms with Crippen molar-refractivity contribution >= 4 is 23.4 Å². The van der Waals surface area contributed by atoms with Gasteiger partial charge in [0.25, 0.3) is 0 Å². The van der Waals surface area contributed by atoms with Crippen molar-refractivity contribution in [1.82, 2.24) is 10.1 Å². The molecule has 2 atom stereocenters. The van der Waals surface area contributed by atoms with Crippen molar-refractivity contribution in [2.24, 2.45) is 0 Å². The smallest absolute Gasteiger partial charge is 0.240 e. The molecule has 0 aliphatic carbocycles. The Labute approximate surface area is 140 Å². The van der Waals surface area contributed by atoms with Crippen LogP contribution in [0.3, 0.4) is 0 Å². The highest BCUT2D eigenvalue weighted by molar-refractivity contribution is 7.99. The van der Waals surface area contributed by atoms with Crippen molar-refractivity contribution in [2.45, 2.75) is 50.7 Å². The van der Waals surface area contributed by atoms with E-state index in [1.165, 1.54) is 17.3 Å². The fourth-order valence-electron chi connectivity index (χ4n) is 2.89. The van der Waals surface area contributed by atoms with Gasteiger partial charge in [-0.15, -0.1) is 11.8 Å². The molecular weight excluding hydrogens is 310 g/mol. The summed E-state index contributed by atoms with van der Waals surface area (Å²) in [5.74, 6) is 1.89. The summed E-state index contributed by atoms with van der Waals surface area (Å²) in [6.45, 7) is 5.85. The summed E-state index contributed by atoms with van der Waals surface area (Å²) in [5, 5.41) is 3.62. The molecule has 1 aliphatic rings. The summed E-state index contributed by atoms with van der Waals surface area (Å²) in [6, 6.07) is 8.41. The topological polar surface area (TPSA) is 59.2 Å². The molecule has 0 N–H and O–H groups in total. The minimum Gasteiger partial charge on any atom is -0.338 e. The van der Waals surface area contributed by atoms with E-state index in [9.17, 15) is 4.79 Å². The molecule has 0 saturated heterocycles. The zero-order valence-electron chi connectivity index (χ0n) is 13.7. The van der Waals surface area contributed by atoms with Crippen LogP contribution in [0.2, 0.25) is 0 Å². The third-order valence-electron chi connectivity index (χ3n) is 4.14. The molecule has 0 radical (unpaired) electrons. The van der Waals surface area contributed by atoms with Crippen LogP contribution in [0.25, 0.3) is 0 Å². The summed E-state index contributed by atoms with van der Waals surface area (Å²) < 4.78 is 5.11. The lowest BCUT2D eigenvalue weighted by Gasteiger charge is -2.36. The molecule has 1 aromatic heterocycles. The standard InChI is InChI=1S/C17H21N3O2S/c1-11-8-9-14-6-4-5-7-15(14)20(11)17(21)12(2)23-10-16-18-13(3)19-22-16/h4-7,11-12H,8-10H2,1-3H3/t11-,12+/m1/s1. The van der Waals surface area contributed by atoms with E-state index in [2.05, 4.69) is 23.1 Å². The first-order valence-corrected chi connectivity index (χ1v) is 8.93. The molecular formula is C17H21N3O2S. The number of carbonyl (C=O) groups excluding carboxylic acids is 1. The third kappa shape index (κ3) is 3.42. The van der Waals surface area contributed by atoms with Crippen molar-refractivity contribution in [3.8, 4) is 0 Å². The minimum absolute atomic E-state index is 0.144. The summed E-state index contributed by atoms with van der Waals surface area (Å²) in [7, 11) is 0. The van der Waals surface area contributed by atoms with Crippen LogP contribution >= 0.6 is 11.8 Å². The Kier molecular flexibility index (Phi) is 4.71. The van der Waals surface area contributed by atoms with Gasteiger partial charge in [0.15, 0.2) is 5.82 Å². The first-order chi connectivity index (χ1) is 11.1. The largest absolute Gasteiger partial charge is 0.338 e. The summed E-state index contributed by atoms with van der Waals surface area (Å²) in [4.78, 5) is 19.1. The second-order valence-electron chi connectivity index (χ2n) is 5.91. The second kappa shape index (κ2) is 6.74. The Morgan fingerprint density at radius 2 is 2.26 bits per heavy atom. The van der Waals surface area contributed by atoms with Crippen molar-refractivity contribution in [3.63, 3.8) is 0 Å². The maximum absolute atomic E-state index is 12.9. The SMILES string of the molecule is Cc1noc(CS[C@@H](C)C(=O)N2c3ccccc3CC[C@H]2C)n1. The highest BCUT2D eigenvalue weighted by Crippen LogP contribution is 2.32. The number of amides is 1. The lowest BCUT2D eigenvalue weighted by atomic mass is 9.96. The van der Waals surface area contributed by atoms with Crippen LogP contribution in [0.4, 0.5) is 5.69 Å². The summed E-state index contributed by atoms with van der Waals surface area (Å²) >= 11 is 1.53. The number of nitrogens with zero attached hydrogens (tertiary/aromatic N) is 3. The van der Waals surface area contributed by atoms with Crippen LogP contribution in [-0.2, 0) is 17.0 Å². The van der Waals surface area contributed by atoms with E-state index >= 15 is 0 Å². The fourth-order valence-corrected chi connectivity index (χ4v) is 3.65. The monoisotopic (exact) mass is 331 g/mol. The number of benzene rings is 1. The average Bonchev–Trinajstić information content (AvgIpc) is 2.97. The van der Waals surface area contributed by atoms with Gasteiger partial charge in [-0.3, -0.25) is 4.79 Å². The molecule has 1 aliphatic heterocycles. The van der Waals surface area contributed by atoms with E-state index < -0.39 is 0 Å². The quantitative estimate of drug-likeness (QED) is 0.860. The summed E-state index contributed by atoms with van der Waals surface area (Å²) in [6.07, 6.45) is 2.03. The Balaban J connectivity index is 1.71. The normalized spacial score (nSPS) is 18.6. The highest BCUT2D eigenvalue weighted by atomic mass is 32.2. The van der Waals surface area contributed by atoms with E-state index in [0.29, 0.717) is 17.5 Å². The Hall–Kier alpha value is -1.82. The van der Waals surface area contributed by atoms with Crippen LogP contribution in [0.15, 0.2) is 28.8 Å². The first kappa shape index (κ1) is 16.1. The predicted octanol–water partition coefficient (Wildman–Crippen LogP) is 3.37. The van der Waals surface area contributed by atoms with Gasteiger partial charge < -0.3 is 9.42 Å². The number of para-hydroxylation sites is 1. The van der Waals surface area contributed by atoms with Crippen molar-refractivity contribution in [2.75, 3.05) is 4.90 Å². The van der Waals surface area contributed by atoms with Crippen LogP contribution in [-0.4, -0.2) is 27.3 Å². The van der Waals surface area contributed by atoms with Crippen LogP contribution in [0, 0.1) is 6.92 Å². The number of hydrogen-bond acceptors (Lipinski definition) is 5. The number of rotatable bonds is 4. The molecule has 0 spiro atoms.